The van der Waals surface area contributed by atoms with Crippen molar-refractivity contribution in [1.29, 1.82) is 0 Å². The van der Waals surface area contributed by atoms with Crippen LogP contribution in [-0.4, -0.2) is 10.5 Å². The molecule has 1 aromatic carbocycles. The van der Waals surface area contributed by atoms with E-state index in [0.29, 0.717) is 6.10 Å². The predicted molar refractivity (Wildman–Crippen MR) is 80.6 cm³/mol. The molecular weight excluding hydrogens is 323 g/mol. The van der Waals surface area contributed by atoms with Gasteiger partial charge in [0.1, 0.15) is 0 Å². The van der Waals surface area contributed by atoms with E-state index >= 15 is 0 Å². The van der Waals surface area contributed by atoms with Gasteiger partial charge >= 0.3 is 0 Å². The third-order valence-electron chi connectivity index (χ3n) is 3.63. The Morgan fingerprint density at radius 1 is 1.18 bits per heavy atom. The molecule has 1 saturated carbocycles. The maximum Gasteiger partial charge on any atom is 0.0918 e. The summed E-state index contributed by atoms with van der Waals surface area (Å²) in [6.45, 7) is 2.35. The highest BCUT2D eigenvalue weighted by Gasteiger charge is 2.22. The van der Waals surface area contributed by atoms with Gasteiger partial charge in [-0.3, -0.25) is 0 Å². The van der Waals surface area contributed by atoms with Gasteiger partial charge in [0.05, 0.1) is 12.2 Å². The fraction of sp³-hybridized carbons (Fsp3) is 0.600. The first kappa shape index (κ1) is 13.3. The molecule has 2 rings (SSSR count). The Balaban J connectivity index is 1.92. The number of benzene rings is 1. The van der Waals surface area contributed by atoms with E-state index < -0.39 is 0 Å². The van der Waals surface area contributed by atoms with Crippen LogP contribution in [0.5, 0.6) is 0 Å². The second-order valence-electron chi connectivity index (χ2n) is 5.07. The van der Waals surface area contributed by atoms with Crippen LogP contribution in [0, 0.1) is 5.92 Å². The van der Waals surface area contributed by atoms with Gasteiger partial charge in [0.25, 0.3) is 0 Å². The van der Waals surface area contributed by atoms with Crippen molar-refractivity contribution in [3.05, 3.63) is 35.9 Å². The van der Waals surface area contributed by atoms with Crippen LogP contribution in [0.2, 0.25) is 0 Å². The zero-order valence-corrected chi connectivity index (χ0v) is 12.6. The molecule has 0 N–H and O–H groups in total. The summed E-state index contributed by atoms with van der Waals surface area (Å²) in [6.07, 6.45) is 5.88. The van der Waals surface area contributed by atoms with Crippen molar-refractivity contribution < 1.29 is 4.74 Å². The van der Waals surface area contributed by atoms with Gasteiger partial charge in [-0.1, -0.05) is 59.8 Å². The van der Waals surface area contributed by atoms with Gasteiger partial charge in [-0.05, 0) is 37.2 Å². The molecule has 1 aliphatic rings. The standard InChI is InChI=1S/C15H21IO/c1-12-7-9-14(10-8-12)17-15(11-16)13-5-3-2-4-6-13/h2-6,12,14-15H,7-11H2,1H3. The summed E-state index contributed by atoms with van der Waals surface area (Å²) in [6, 6.07) is 10.6. The zero-order valence-electron chi connectivity index (χ0n) is 10.4. The number of alkyl halides is 1. The molecule has 2 heteroatoms. The van der Waals surface area contributed by atoms with E-state index in [4.69, 9.17) is 4.74 Å². The maximum atomic E-state index is 6.27. The number of hydrogen-bond acceptors (Lipinski definition) is 1. The molecule has 94 valence electrons. The van der Waals surface area contributed by atoms with Gasteiger partial charge < -0.3 is 4.74 Å². The normalized spacial score (nSPS) is 26.7. The third-order valence-corrected chi connectivity index (χ3v) is 4.43. The second kappa shape index (κ2) is 6.74. The van der Waals surface area contributed by atoms with Gasteiger partial charge in [-0.2, -0.15) is 0 Å². The van der Waals surface area contributed by atoms with Gasteiger partial charge in [0.2, 0.25) is 0 Å². The highest BCUT2D eigenvalue weighted by molar-refractivity contribution is 14.1. The van der Waals surface area contributed by atoms with Crippen molar-refractivity contribution in [1.82, 2.24) is 0 Å². The quantitative estimate of drug-likeness (QED) is 0.565. The molecule has 0 aliphatic heterocycles. The monoisotopic (exact) mass is 344 g/mol. The molecule has 0 saturated heterocycles. The maximum absolute atomic E-state index is 6.27. The first-order chi connectivity index (χ1) is 8.29. The van der Waals surface area contributed by atoms with Crippen LogP contribution in [0.3, 0.4) is 0 Å². The fourth-order valence-corrected chi connectivity index (χ4v) is 3.19. The summed E-state index contributed by atoms with van der Waals surface area (Å²) in [4.78, 5) is 0. The molecule has 1 nitrogen and oxygen atoms in total. The number of halogens is 1. The van der Waals surface area contributed by atoms with E-state index in [1.807, 2.05) is 0 Å². The zero-order chi connectivity index (χ0) is 12.1. The van der Waals surface area contributed by atoms with Gasteiger partial charge in [0.15, 0.2) is 0 Å². The molecule has 1 fully saturated rings. The Bertz CT molecular complexity index is 317. The van der Waals surface area contributed by atoms with Crippen LogP contribution >= 0.6 is 22.6 Å². The van der Waals surface area contributed by atoms with Gasteiger partial charge in [0, 0.05) is 4.43 Å². The van der Waals surface area contributed by atoms with Crippen molar-refractivity contribution in [2.45, 2.75) is 44.8 Å². The van der Waals surface area contributed by atoms with E-state index in [1.54, 1.807) is 0 Å². The molecule has 1 aliphatic carbocycles. The molecule has 0 aromatic heterocycles. The molecule has 0 bridgehead atoms. The SMILES string of the molecule is CC1CCC(OC(CI)c2ccccc2)CC1. The lowest BCUT2D eigenvalue weighted by Gasteiger charge is -2.29. The lowest BCUT2D eigenvalue weighted by Crippen LogP contribution is -2.23. The number of ether oxygens (including phenoxy) is 1. The van der Waals surface area contributed by atoms with E-state index in [0.717, 1.165) is 10.3 Å². The largest absolute Gasteiger partial charge is 0.369 e. The molecule has 0 radical (unpaired) electrons. The summed E-state index contributed by atoms with van der Waals surface area (Å²) >= 11 is 2.43. The number of rotatable bonds is 4. The van der Waals surface area contributed by atoms with Crippen LogP contribution in [0.4, 0.5) is 0 Å². The van der Waals surface area contributed by atoms with E-state index in [2.05, 4.69) is 59.8 Å². The van der Waals surface area contributed by atoms with Crippen molar-refractivity contribution >= 4 is 22.6 Å². The molecule has 1 atom stereocenters. The summed E-state index contributed by atoms with van der Waals surface area (Å²) in [7, 11) is 0. The second-order valence-corrected chi connectivity index (χ2v) is 5.95. The Morgan fingerprint density at radius 3 is 2.41 bits per heavy atom. The summed E-state index contributed by atoms with van der Waals surface area (Å²) in [5.41, 5.74) is 1.32. The first-order valence-corrected chi connectivity index (χ1v) is 8.08. The average Bonchev–Trinajstić information content (AvgIpc) is 2.39. The smallest absolute Gasteiger partial charge is 0.0918 e. The topological polar surface area (TPSA) is 9.23 Å². The van der Waals surface area contributed by atoms with Crippen molar-refractivity contribution in [2.75, 3.05) is 4.43 Å². The summed E-state index contributed by atoms with van der Waals surface area (Å²) in [5, 5.41) is 0. The van der Waals surface area contributed by atoms with Crippen molar-refractivity contribution in [2.24, 2.45) is 5.92 Å². The Hall–Kier alpha value is -0.0900. The molecule has 1 aromatic rings. The van der Waals surface area contributed by atoms with Crippen LogP contribution < -0.4 is 0 Å². The molecule has 17 heavy (non-hydrogen) atoms. The van der Waals surface area contributed by atoms with Crippen LogP contribution in [0.1, 0.15) is 44.3 Å². The lowest BCUT2D eigenvalue weighted by atomic mass is 9.89. The molecule has 0 heterocycles. The van der Waals surface area contributed by atoms with Crippen molar-refractivity contribution in [3.8, 4) is 0 Å². The van der Waals surface area contributed by atoms with E-state index in [1.165, 1.54) is 31.2 Å². The molecular formula is C15H21IO. The number of hydrogen-bond donors (Lipinski definition) is 0. The van der Waals surface area contributed by atoms with E-state index in [-0.39, 0.29) is 6.10 Å². The van der Waals surface area contributed by atoms with Gasteiger partial charge in [-0.25, -0.2) is 0 Å². The van der Waals surface area contributed by atoms with E-state index in [9.17, 15) is 0 Å². The Labute approximate surface area is 118 Å². The first-order valence-electron chi connectivity index (χ1n) is 6.56. The van der Waals surface area contributed by atoms with Crippen LogP contribution in [-0.2, 0) is 4.74 Å². The average molecular weight is 344 g/mol. The summed E-state index contributed by atoms with van der Waals surface area (Å²) < 4.78 is 7.30. The van der Waals surface area contributed by atoms with Crippen LogP contribution in [0.25, 0.3) is 0 Å². The predicted octanol–water partition coefficient (Wildman–Crippen LogP) is 4.76. The molecule has 0 spiro atoms. The minimum absolute atomic E-state index is 0.273. The van der Waals surface area contributed by atoms with Gasteiger partial charge in [-0.15, -0.1) is 0 Å². The minimum Gasteiger partial charge on any atom is -0.369 e. The third kappa shape index (κ3) is 3.95. The highest BCUT2D eigenvalue weighted by atomic mass is 127. The molecule has 0 amide bonds. The van der Waals surface area contributed by atoms with Crippen LogP contribution in [0.15, 0.2) is 30.3 Å². The van der Waals surface area contributed by atoms with Crippen molar-refractivity contribution in [3.63, 3.8) is 0 Å². The fourth-order valence-electron chi connectivity index (χ4n) is 2.47. The highest BCUT2D eigenvalue weighted by Crippen LogP contribution is 2.30. The Morgan fingerprint density at radius 2 is 1.82 bits per heavy atom. The summed E-state index contributed by atoms with van der Waals surface area (Å²) in [5.74, 6) is 0.893. The Kier molecular flexibility index (Phi) is 5.29. The lowest BCUT2D eigenvalue weighted by molar-refractivity contribution is -0.0248. The minimum atomic E-state index is 0.273. The molecule has 1 unspecified atom stereocenters.